The smallest absolute Gasteiger partial charge is 0.140 e. The third-order valence-corrected chi connectivity index (χ3v) is 3.80. The van der Waals surface area contributed by atoms with E-state index in [-0.39, 0.29) is 0 Å². The fourth-order valence-corrected chi connectivity index (χ4v) is 2.87. The summed E-state index contributed by atoms with van der Waals surface area (Å²) in [6.07, 6.45) is 0. The van der Waals surface area contributed by atoms with Crippen molar-refractivity contribution in [3.05, 3.63) is 53.0 Å². The number of hydrogen-bond donors (Lipinski definition) is 1. The number of thiazole rings is 1. The Morgan fingerprint density at radius 3 is 2.95 bits per heavy atom. The Hall–Kier alpha value is -2.07. The zero-order valence-corrected chi connectivity index (χ0v) is 11.4. The number of aryl methyl sites for hydroxylation is 1. The van der Waals surface area contributed by atoms with E-state index >= 15 is 0 Å². The maximum Gasteiger partial charge on any atom is 0.140 e. The molecular formula is C15H14N2OS. The van der Waals surface area contributed by atoms with Crippen molar-refractivity contribution >= 4 is 27.2 Å². The molecule has 0 aliphatic carbocycles. The van der Waals surface area contributed by atoms with Crippen molar-refractivity contribution in [3.63, 3.8) is 0 Å². The van der Waals surface area contributed by atoms with Crippen molar-refractivity contribution in [1.29, 1.82) is 0 Å². The number of aromatic nitrogens is 1. The summed E-state index contributed by atoms with van der Waals surface area (Å²) in [5.41, 5.74) is 8.70. The van der Waals surface area contributed by atoms with Crippen LogP contribution in [0.3, 0.4) is 0 Å². The van der Waals surface area contributed by atoms with Crippen LogP contribution >= 0.6 is 11.3 Å². The largest absolute Gasteiger partial charge is 0.486 e. The SMILES string of the molecule is Cc1ccc2nc(COc3cccc(N)c3)sc2c1. The number of anilines is 1. The predicted octanol–water partition coefficient (Wildman–Crippen LogP) is 3.77. The van der Waals surface area contributed by atoms with Crippen LogP contribution in [0.2, 0.25) is 0 Å². The van der Waals surface area contributed by atoms with Gasteiger partial charge in [-0.05, 0) is 36.8 Å². The van der Waals surface area contributed by atoms with Crippen LogP contribution in [0, 0.1) is 6.92 Å². The van der Waals surface area contributed by atoms with Crippen LogP contribution in [0.4, 0.5) is 5.69 Å². The lowest BCUT2D eigenvalue weighted by Gasteiger charge is -2.03. The molecule has 0 unspecified atom stereocenters. The Morgan fingerprint density at radius 1 is 1.21 bits per heavy atom. The van der Waals surface area contributed by atoms with Crippen molar-refractivity contribution in [2.24, 2.45) is 0 Å². The van der Waals surface area contributed by atoms with Gasteiger partial charge in [-0.2, -0.15) is 0 Å². The minimum absolute atomic E-state index is 0.474. The Bertz CT molecular complexity index is 721. The summed E-state index contributed by atoms with van der Waals surface area (Å²) in [6.45, 7) is 2.56. The molecule has 0 radical (unpaired) electrons. The first kappa shape index (κ1) is 12.0. The molecule has 3 rings (SSSR count). The Kier molecular flexibility index (Phi) is 3.09. The van der Waals surface area contributed by atoms with E-state index < -0.39 is 0 Å². The molecule has 19 heavy (non-hydrogen) atoms. The fourth-order valence-electron chi connectivity index (χ4n) is 1.89. The van der Waals surface area contributed by atoms with E-state index in [1.165, 1.54) is 10.3 Å². The lowest BCUT2D eigenvalue weighted by molar-refractivity contribution is 0.306. The van der Waals surface area contributed by atoms with Crippen molar-refractivity contribution in [2.75, 3.05) is 5.73 Å². The first-order valence-corrected chi connectivity index (χ1v) is 6.87. The van der Waals surface area contributed by atoms with Gasteiger partial charge in [0.15, 0.2) is 0 Å². The second kappa shape index (κ2) is 4.90. The third kappa shape index (κ3) is 2.69. The van der Waals surface area contributed by atoms with Gasteiger partial charge in [-0.1, -0.05) is 12.1 Å². The molecule has 0 aliphatic rings. The molecule has 96 valence electrons. The maximum absolute atomic E-state index is 5.71. The first-order chi connectivity index (χ1) is 9.20. The predicted molar refractivity (Wildman–Crippen MR) is 79.5 cm³/mol. The number of benzene rings is 2. The van der Waals surface area contributed by atoms with E-state index in [9.17, 15) is 0 Å². The summed E-state index contributed by atoms with van der Waals surface area (Å²) < 4.78 is 6.90. The van der Waals surface area contributed by atoms with Gasteiger partial charge in [-0.3, -0.25) is 0 Å². The number of nitrogen functional groups attached to an aromatic ring is 1. The van der Waals surface area contributed by atoms with Gasteiger partial charge in [0.1, 0.15) is 17.4 Å². The highest BCUT2D eigenvalue weighted by Crippen LogP contribution is 2.24. The van der Waals surface area contributed by atoms with Crippen molar-refractivity contribution in [2.45, 2.75) is 13.5 Å². The molecule has 2 aromatic carbocycles. The monoisotopic (exact) mass is 270 g/mol. The molecule has 0 atom stereocenters. The molecule has 1 heterocycles. The first-order valence-electron chi connectivity index (χ1n) is 6.05. The van der Waals surface area contributed by atoms with Gasteiger partial charge in [-0.15, -0.1) is 11.3 Å². The number of ether oxygens (including phenoxy) is 1. The van der Waals surface area contributed by atoms with Gasteiger partial charge >= 0.3 is 0 Å². The van der Waals surface area contributed by atoms with Crippen LogP contribution in [-0.2, 0) is 6.61 Å². The molecular weight excluding hydrogens is 256 g/mol. The normalized spacial score (nSPS) is 10.8. The molecule has 0 bridgehead atoms. The Balaban J connectivity index is 1.78. The summed E-state index contributed by atoms with van der Waals surface area (Å²) >= 11 is 1.67. The second-order valence-corrected chi connectivity index (χ2v) is 5.56. The highest BCUT2D eigenvalue weighted by molar-refractivity contribution is 7.18. The highest BCUT2D eigenvalue weighted by atomic mass is 32.1. The molecule has 1 aromatic heterocycles. The van der Waals surface area contributed by atoms with Crippen LogP contribution in [0.25, 0.3) is 10.2 Å². The number of nitrogens with zero attached hydrogens (tertiary/aromatic N) is 1. The Labute approximate surface area is 115 Å². The summed E-state index contributed by atoms with van der Waals surface area (Å²) in [7, 11) is 0. The van der Waals surface area contributed by atoms with Crippen LogP contribution in [-0.4, -0.2) is 4.98 Å². The van der Waals surface area contributed by atoms with E-state index in [1.54, 1.807) is 11.3 Å². The van der Waals surface area contributed by atoms with E-state index in [0.717, 1.165) is 16.3 Å². The minimum atomic E-state index is 0.474. The van der Waals surface area contributed by atoms with Gasteiger partial charge in [0.25, 0.3) is 0 Å². The van der Waals surface area contributed by atoms with Gasteiger partial charge < -0.3 is 10.5 Å². The zero-order chi connectivity index (χ0) is 13.2. The molecule has 2 N–H and O–H groups in total. The average molecular weight is 270 g/mol. The molecule has 0 aliphatic heterocycles. The topological polar surface area (TPSA) is 48.1 Å². The van der Waals surface area contributed by atoms with E-state index in [1.807, 2.05) is 30.3 Å². The minimum Gasteiger partial charge on any atom is -0.486 e. The molecule has 4 heteroatoms. The van der Waals surface area contributed by atoms with Gasteiger partial charge in [0.2, 0.25) is 0 Å². The molecule has 0 saturated carbocycles. The van der Waals surface area contributed by atoms with E-state index in [0.29, 0.717) is 12.3 Å². The van der Waals surface area contributed by atoms with Crippen molar-refractivity contribution in [3.8, 4) is 5.75 Å². The number of fused-ring (bicyclic) bond motifs is 1. The summed E-state index contributed by atoms with van der Waals surface area (Å²) in [6, 6.07) is 13.7. The number of hydrogen-bond acceptors (Lipinski definition) is 4. The van der Waals surface area contributed by atoms with Gasteiger partial charge in [0.05, 0.1) is 10.2 Å². The summed E-state index contributed by atoms with van der Waals surface area (Å²) in [5.74, 6) is 0.774. The molecule has 0 fully saturated rings. The highest BCUT2D eigenvalue weighted by Gasteiger charge is 2.05. The number of rotatable bonds is 3. The van der Waals surface area contributed by atoms with Crippen molar-refractivity contribution in [1.82, 2.24) is 4.98 Å². The van der Waals surface area contributed by atoms with E-state index in [4.69, 9.17) is 10.5 Å². The van der Waals surface area contributed by atoms with Crippen molar-refractivity contribution < 1.29 is 4.74 Å². The lowest BCUT2D eigenvalue weighted by Crippen LogP contribution is -1.95. The lowest BCUT2D eigenvalue weighted by atomic mass is 10.2. The third-order valence-electron chi connectivity index (χ3n) is 2.81. The summed E-state index contributed by atoms with van der Waals surface area (Å²) in [4.78, 5) is 4.55. The molecule has 0 spiro atoms. The molecule has 3 aromatic rings. The molecule has 3 nitrogen and oxygen atoms in total. The Morgan fingerprint density at radius 2 is 2.11 bits per heavy atom. The number of nitrogens with two attached hydrogens (primary N) is 1. The van der Waals surface area contributed by atoms with Crippen LogP contribution in [0.5, 0.6) is 5.75 Å². The van der Waals surface area contributed by atoms with Gasteiger partial charge in [0, 0.05) is 11.8 Å². The zero-order valence-electron chi connectivity index (χ0n) is 10.6. The maximum atomic E-state index is 5.71. The van der Waals surface area contributed by atoms with Crippen LogP contribution < -0.4 is 10.5 Å². The van der Waals surface area contributed by atoms with Gasteiger partial charge in [-0.25, -0.2) is 4.98 Å². The van der Waals surface area contributed by atoms with Crippen LogP contribution in [0.1, 0.15) is 10.6 Å². The fraction of sp³-hybridized carbons (Fsp3) is 0.133. The quantitative estimate of drug-likeness (QED) is 0.737. The molecule has 0 saturated heterocycles. The standard InChI is InChI=1S/C15H14N2OS/c1-10-5-6-13-14(7-10)19-15(17-13)9-18-12-4-2-3-11(16)8-12/h2-8H,9,16H2,1H3. The van der Waals surface area contributed by atoms with Crippen LogP contribution in [0.15, 0.2) is 42.5 Å². The average Bonchev–Trinajstić information content (AvgIpc) is 2.78. The second-order valence-electron chi connectivity index (χ2n) is 4.44. The molecule has 0 amide bonds. The summed E-state index contributed by atoms with van der Waals surface area (Å²) in [5, 5.41) is 0.975. The van der Waals surface area contributed by atoms with E-state index in [2.05, 4.69) is 24.0 Å².